The van der Waals surface area contributed by atoms with Crippen LogP contribution >= 0.6 is 0 Å². The molecule has 4 aromatic carbocycles. The number of rotatable bonds is 8. The average Bonchev–Trinajstić information content (AvgIpc) is 3.58. The minimum atomic E-state index is -1.13. The number of anilines is 1. The van der Waals surface area contributed by atoms with Gasteiger partial charge < -0.3 is 15.4 Å². The van der Waals surface area contributed by atoms with E-state index in [1.54, 1.807) is 36.5 Å². The summed E-state index contributed by atoms with van der Waals surface area (Å²) in [6, 6.07) is 31.8. The van der Waals surface area contributed by atoms with Crippen LogP contribution in [0.25, 0.3) is 17.0 Å². The molecule has 0 fully saturated rings. The molecule has 1 aromatic heterocycles. The Morgan fingerprint density at radius 2 is 1.55 bits per heavy atom. The average molecular weight is 555 g/mol. The number of H-pyrrole nitrogens is 1. The van der Waals surface area contributed by atoms with Crippen molar-refractivity contribution in [2.45, 2.75) is 12.5 Å². The van der Waals surface area contributed by atoms with Crippen LogP contribution in [0.15, 0.2) is 126 Å². The second kappa shape index (κ2) is 11.4. The Bertz CT molecular complexity index is 1840. The first-order valence-electron chi connectivity index (χ1n) is 13.4. The summed E-state index contributed by atoms with van der Waals surface area (Å²) in [6.45, 7) is 0. The van der Waals surface area contributed by atoms with Crippen molar-refractivity contribution in [2.75, 3.05) is 4.90 Å². The summed E-state index contributed by atoms with van der Waals surface area (Å²) in [4.78, 5) is 48.0. The molecule has 2 amide bonds. The maximum absolute atomic E-state index is 13.6. The Kier molecular flexibility index (Phi) is 7.17. The number of amides is 2. The van der Waals surface area contributed by atoms with Crippen LogP contribution in [0.1, 0.15) is 27.0 Å². The van der Waals surface area contributed by atoms with E-state index in [1.807, 2.05) is 84.9 Å². The maximum atomic E-state index is 13.6. The van der Waals surface area contributed by atoms with E-state index >= 15 is 0 Å². The van der Waals surface area contributed by atoms with Crippen LogP contribution in [0.3, 0.4) is 0 Å². The molecule has 0 saturated heterocycles. The molecule has 1 atom stereocenters. The van der Waals surface area contributed by atoms with Gasteiger partial charge in [0.2, 0.25) is 0 Å². The molecule has 5 aromatic rings. The Morgan fingerprint density at radius 3 is 2.26 bits per heavy atom. The van der Waals surface area contributed by atoms with Crippen LogP contribution in [-0.4, -0.2) is 39.8 Å². The van der Waals surface area contributed by atoms with Gasteiger partial charge in [0, 0.05) is 34.6 Å². The van der Waals surface area contributed by atoms with Crippen LogP contribution in [0.2, 0.25) is 0 Å². The molecule has 0 saturated carbocycles. The smallest absolute Gasteiger partial charge is 0.326 e. The topological polar surface area (TPSA) is 115 Å². The highest BCUT2D eigenvalue weighted by molar-refractivity contribution is 6.33. The number of nitrogens with one attached hydrogen (secondary N) is 2. The SMILES string of the molecule is O=C(N[C@@H](Cc1c[nH]c2ccccc12)C(=O)O)c1ccc(N2C(=O)/C(=C\c3ccccc3)N=C2c2ccccc2)cc1. The summed E-state index contributed by atoms with van der Waals surface area (Å²) < 4.78 is 0. The standard InChI is InChI=1S/C34H26N4O4/c39-32(37-30(34(41)42)20-25-21-35-28-14-8-7-13-27(25)28)24-15-17-26(18-16-24)38-31(23-11-5-2-6-12-23)36-29(33(38)40)19-22-9-3-1-4-10-22/h1-19,21,30,35H,20H2,(H,37,39)(H,41,42)/b29-19+/t30-/m0/s1. The number of benzene rings is 4. The van der Waals surface area contributed by atoms with E-state index in [0.29, 0.717) is 17.2 Å². The molecule has 8 nitrogen and oxygen atoms in total. The lowest BCUT2D eigenvalue weighted by molar-refractivity contribution is -0.139. The van der Waals surface area contributed by atoms with E-state index in [-0.39, 0.29) is 17.9 Å². The van der Waals surface area contributed by atoms with Gasteiger partial charge in [-0.2, -0.15) is 0 Å². The van der Waals surface area contributed by atoms with Gasteiger partial charge in [0.05, 0.1) is 5.69 Å². The lowest BCUT2D eigenvalue weighted by Gasteiger charge is -2.19. The normalized spacial score (nSPS) is 14.7. The van der Waals surface area contributed by atoms with Crippen molar-refractivity contribution < 1.29 is 19.5 Å². The van der Waals surface area contributed by atoms with E-state index in [2.05, 4.69) is 15.3 Å². The van der Waals surface area contributed by atoms with Crippen molar-refractivity contribution in [1.29, 1.82) is 0 Å². The first-order valence-corrected chi connectivity index (χ1v) is 13.4. The predicted octanol–water partition coefficient (Wildman–Crippen LogP) is 5.43. The van der Waals surface area contributed by atoms with Gasteiger partial charge in [-0.05, 0) is 47.5 Å². The Balaban J connectivity index is 1.24. The van der Waals surface area contributed by atoms with E-state index in [9.17, 15) is 19.5 Å². The third-order valence-electron chi connectivity index (χ3n) is 7.09. The molecule has 0 unspecified atom stereocenters. The lowest BCUT2D eigenvalue weighted by atomic mass is 10.0. The lowest BCUT2D eigenvalue weighted by Crippen LogP contribution is -2.42. The van der Waals surface area contributed by atoms with Crippen LogP contribution < -0.4 is 10.2 Å². The van der Waals surface area contributed by atoms with Crippen LogP contribution in [0.5, 0.6) is 0 Å². The number of carboxylic acid groups (broad SMARTS) is 1. The fourth-order valence-corrected chi connectivity index (χ4v) is 4.97. The van der Waals surface area contributed by atoms with Gasteiger partial charge in [-0.25, -0.2) is 9.79 Å². The highest BCUT2D eigenvalue weighted by atomic mass is 16.4. The van der Waals surface area contributed by atoms with E-state index in [0.717, 1.165) is 27.6 Å². The van der Waals surface area contributed by atoms with Crippen LogP contribution in [0, 0.1) is 0 Å². The third-order valence-corrected chi connectivity index (χ3v) is 7.09. The van der Waals surface area contributed by atoms with E-state index in [4.69, 9.17) is 0 Å². The second-order valence-corrected chi connectivity index (χ2v) is 9.86. The molecular formula is C34H26N4O4. The minimum Gasteiger partial charge on any atom is -0.480 e. The number of hydrogen-bond acceptors (Lipinski definition) is 4. The van der Waals surface area contributed by atoms with Crippen molar-refractivity contribution in [3.05, 3.63) is 143 Å². The third kappa shape index (κ3) is 5.33. The molecular weight excluding hydrogens is 528 g/mol. The summed E-state index contributed by atoms with van der Waals surface area (Å²) >= 11 is 0. The van der Waals surface area contributed by atoms with Crippen molar-refractivity contribution in [3.8, 4) is 0 Å². The van der Waals surface area contributed by atoms with Crippen molar-refractivity contribution >= 4 is 46.3 Å². The quantitative estimate of drug-likeness (QED) is 0.222. The molecule has 0 bridgehead atoms. The Morgan fingerprint density at radius 1 is 0.881 bits per heavy atom. The van der Waals surface area contributed by atoms with E-state index in [1.165, 1.54) is 4.90 Å². The number of aromatic amines is 1. The van der Waals surface area contributed by atoms with Crippen molar-refractivity contribution in [1.82, 2.24) is 10.3 Å². The van der Waals surface area contributed by atoms with Gasteiger partial charge in [0.25, 0.3) is 11.8 Å². The number of carboxylic acids is 1. The Hall–Kier alpha value is -5.76. The van der Waals surface area contributed by atoms with Crippen molar-refractivity contribution in [3.63, 3.8) is 0 Å². The molecule has 3 N–H and O–H groups in total. The monoisotopic (exact) mass is 554 g/mol. The van der Waals surface area contributed by atoms with Gasteiger partial charge in [-0.1, -0.05) is 78.9 Å². The summed E-state index contributed by atoms with van der Waals surface area (Å²) in [6.07, 6.45) is 3.63. The number of nitrogens with zero attached hydrogens (tertiary/aromatic N) is 2. The number of aromatic nitrogens is 1. The summed E-state index contributed by atoms with van der Waals surface area (Å²) in [5.41, 5.74) is 4.42. The van der Waals surface area contributed by atoms with E-state index < -0.39 is 17.9 Å². The van der Waals surface area contributed by atoms with Gasteiger partial charge in [-0.3, -0.25) is 14.5 Å². The molecule has 0 spiro atoms. The summed E-state index contributed by atoms with van der Waals surface area (Å²) in [7, 11) is 0. The fraction of sp³-hybridized carbons (Fsp3) is 0.0588. The van der Waals surface area contributed by atoms with Crippen LogP contribution in [0.4, 0.5) is 5.69 Å². The number of para-hydroxylation sites is 1. The fourth-order valence-electron chi connectivity index (χ4n) is 4.97. The first-order chi connectivity index (χ1) is 20.5. The van der Waals surface area contributed by atoms with Gasteiger partial charge in [0.15, 0.2) is 0 Å². The first kappa shape index (κ1) is 26.5. The van der Waals surface area contributed by atoms with Gasteiger partial charge in [-0.15, -0.1) is 0 Å². The zero-order chi connectivity index (χ0) is 29.1. The summed E-state index contributed by atoms with van der Waals surface area (Å²) in [5.74, 6) is -1.47. The molecule has 0 radical (unpaired) electrons. The number of hydrogen-bond donors (Lipinski definition) is 3. The number of carbonyl (C=O) groups is 3. The molecule has 0 aliphatic carbocycles. The van der Waals surface area contributed by atoms with Crippen molar-refractivity contribution in [2.24, 2.45) is 4.99 Å². The number of carbonyl (C=O) groups excluding carboxylic acids is 2. The molecule has 1 aliphatic rings. The number of amidine groups is 1. The zero-order valence-electron chi connectivity index (χ0n) is 22.4. The molecule has 2 heterocycles. The number of aliphatic carboxylic acids is 1. The molecule has 1 aliphatic heterocycles. The zero-order valence-corrected chi connectivity index (χ0v) is 22.4. The minimum absolute atomic E-state index is 0.124. The second-order valence-electron chi connectivity index (χ2n) is 9.86. The van der Waals surface area contributed by atoms with Crippen LogP contribution in [-0.2, 0) is 16.0 Å². The maximum Gasteiger partial charge on any atom is 0.326 e. The van der Waals surface area contributed by atoms with Gasteiger partial charge in [0.1, 0.15) is 17.6 Å². The number of aliphatic imine (C=N–C) groups is 1. The highest BCUT2D eigenvalue weighted by Gasteiger charge is 2.32. The highest BCUT2D eigenvalue weighted by Crippen LogP contribution is 2.28. The van der Waals surface area contributed by atoms with Gasteiger partial charge >= 0.3 is 5.97 Å². The molecule has 8 heteroatoms. The predicted molar refractivity (Wildman–Crippen MR) is 162 cm³/mol. The summed E-state index contributed by atoms with van der Waals surface area (Å²) in [5, 5.41) is 13.4. The number of fused-ring (bicyclic) bond motifs is 1. The molecule has 6 rings (SSSR count). The Labute approximate surface area is 241 Å². The molecule has 42 heavy (non-hydrogen) atoms. The largest absolute Gasteiger partial charge is 0.480 e. The molecule has 206 valence electrons.